The van der Waals surface area contributed by atoms with Crippen molar-refractivity contribution in [3.05, 3.63) is 40.6 Å². The fourth-order valence-corrected chi connectivity index (χ4v) is 2.24. The summed E-state index contributed by atoms with van der Waals surface area (Å²) in [5.41, 5.74) is 5.16. The molecule has 0 saturated carbocycles. The van der Waals surface area contributed by atoms with Gasteiger partial charge in [-0.15, -0.1) is 0 Å². The molecule has 2 rings (SSSR count). The van der Waals surface area contributed by atoms with E-state index in [0.29, 0.717) is 0 Å². The molecule has 1 N–H and O–H groups in total. The number of hydrogen-bond acceptors (Lipinski definition) is 2. The minimum Gasteiger partial charge on any atom is -0.493 e. The van der Waals surface area contributed by atoms with Gasteiger partial charge in [0.15, 0.2) is 0 Å². The monoisotopic (exact) mass is 244 g/mol. The van der Waals surface area contributed by atoms with E-state index in [4.69, 9.17) is 0 Å². The Morgan fingerprint density at radius 2 is 1.78 bits per heavy atom. The lowest BCUT2D eigenvalue weighted by molar-refractivity contribution is 0.425. The third-order valence-electron chi connectivity index (χ3n) is 3.39. The molecule has 3 nitrogen and oxygen atoms in total. The van der Waals surface area contributed by atoms with Gasteiger partial charge < -0.3 is 5.11 Å². The zero-order valence-electron chi connectivity index (χ0n) is 11.7. The molecule has 0 aliphatic rings. The molecule has 0 amide bonds. The normalized spacial score (nSPS) is 11.2. The quantitative estimate of drug-likeness (QED) is 0.876. The van der Waals surface area contributed by atoms with E-state index in [0.717, 1.165) is 16.9 Å². The molecule has 0 atom stereocenters. The summed E-state index contributed by atoms with van der Waals surface area (Å²) in [6.45, 7) is 10.2. The van der Waals surface area contributed by atoms with Crippen molar-refractivity contribution in [1.82, 2.24) is 9.78 Å². The summed E-state index contributed by atoms with van der Waals surface area (Å²) in [5.74, 6) is 0.524. The predicted molar refractivity (Wildman–Crippen MR) is 73.5 cm³/mol. The van der Waals surface area contributed by atoms with Gasteiger partial charge in [-0.2, -0.15) is 5.10 Å². The van der Waals surface area contributed by atoms with Gasteiger partial charge in [0, 0.05) is 5.56 Å². The van der Waals surface area contributed by atoms with Crippen molar-refractivity contribution < 1.29 is 5.11 Å². The van der Waals surface area contributed by atoms with E-state index in [1.54, 1.807) is 4.68 Å². The van der Waals surface area contributed by atoms with Crippen molar-refractivity contribution >= 4 is 0 Å². The van der Waals surface area contributed by atoms with Crippen LogP contribution >= 0.6 is 0 Å². The van der Waals surface area contributed by atoms with Gasteiger partial charge in [0.1, 0.15) is 0 Å². The number of aromatic hydroxyl groups is 1. The summed E-state index contributed by atoms with van der Waals surface area (Å²) in [7, 11) is 0. The molecule has 0 spiro atoms. The Balaban J connectivity index is 2.58. The van der Waals surface area contributed by atoms with Crippen molar-refractivity contribution in [3.8, 4) is 11.6 Å². The van der Waals surface area contributed by atoms with Crippen LogP contribution in [-0.2, 0) is 0 Å². The number of hydrogen-bond donors (Lipinski definition) is 1. The van der Waals surface area contributed by atoms with Gasteiger partial charge in [0.2, 0.25) is 5.88 Å². The maximum atomic E-state index is 10.3. The molecule has 1 heterocycles. The Bertz CT molecular complexity index is 582. The van der Waals surface area contributed by atoms with Crippen molar-refractivity contribution in [2.75, 3.05) is 0 Å². The highest BCUT2D eigenvalue weighted by atomic mass is 16.3. The Morgan fingerprint density at radius 3 is 2.28 bits per heavy atom. The molecule has 2 aromatic rings. The molecule has 1 aromatic carbocycles. The summed E-state index contributed by atoms with van der Waals surface area (Å²) in [6.07, 6.45) is 0. The van der Waals surface area contributed by atoms with E-state index >= 15 is 0 Å². The number of benzene rings is 1. The number of aromatic nitrogens is 2. The van der Waals surface area contributed by atoms with Crippen LogP contribution < -0.4 is 0 Å². The highest BCUT2D eigenvalue weighted by Crippen LogP contribution is 2.31. The highest BCUT2D eigenvalue weighted by molar-refractivity contribution is 5.44. The minimum absolute atomic E-state index is 0.255. The van der Waals surface area contributed by atoms with Crippen LogP contribution in [0.1, 0.15) is 42.1 Å². The molecular formula is C15H20N2O. The first-order valence-electron chi connectivity index (χ1n) is 6.28. The van der Waals surface area contributed by atoms with E-state index in [2.05, 4.69) is 38.9 Å². The fraction of sp³-hybridized carbons (Fsp3) is 0.400. The lowest BCUT2D eigenvalue weighted by Crippen LogP contribution is -1.97. The van der Waals surface area contributed by atoms with E-state index in [1.165, 1.54) is 11.1 Å². The van der Waals surface area contributed by atoms with E-state index in [-0.39, 0.29) is 11.8 Å². The van der Waals surface area contributed by atoms with Gasteiger partial charge in [-0.05, 0) is 49.9 Å². The predicted octanol–water partition coefficient (Wildman–Crippen LogP) is 3.63. The SMILES string of the molecule is Cc1ccc(-n2nc(C)c(C(C)C)c2O)cc1C. The van der Waals surface area contributed by atoms with E-state index in [9.17, 15) is 5.11 Å². The standard InChI is InChI=1S/C15H20N2O/c1-9(2)14-12(5)16-17(15(14)18)13-7-6-10(3)11(4)8-13/h6-9,18H,1-5H3. The van der Waals surface area contributed by atoms with Gasteiger partial charge >= 0.3 is 0 Å². The van der Waals surface area contributed by atoms with Crippen LogP contribution in [0.3, 0.4) is 0 Å². The molecule has 1 aromatic heterocycles. The topological polar surface area (TPSA) is 38.0 Å². The first kappa shape index (κ1) is 12.7. The summed E-state index contributed by atoms with van der Waals surface area (Å²) < 4.78 is 1.62. The van der Waals surface area contributed by atoms with Crippen LogP contribution in [0.15, 0.2) is 18.2 Å². The molecule has 96 valence electrons. The van der Waals surface area contributed by atoms with Crippen LogP contribution in [0.2, 0.25) is 0 Å². The molecule has 18 heavy (non-hydrogen) atoms. The molecule has 0 radical (unpaired) electrons. The van der Waals surface area contributed by atoms with Crippen LogP contribution in [0.5, 0.6) is 5.88 Å². The lowest BCUT2D eigenvalue weighted by atomic mass is 10.0. The van der Waals surface area contributed by atoms with Crippen LogP contribution in [-0.4, -0.2) is 14.9 Å². The van der Waals surface area contributed by atoms with Crippen LogP contribution in [0.25, 0.3) is 5.69 Å². The summed E-state index contributed by atoms with van der Waals surface area (Å²) >= 11 is 0. The second-order valence-electron chi connectivity index (χ2n) is 5.16. The van der Waals surface area contributed by atoms with Crippen molar-refractivity contribution in [2.24, 2.45) is 0 Å². The van der Waals surface area contributed by atoms with Gasteiger partial charge in [0.25, 0.3) is 0 Å². The molecular weight excluding hydrogens is 224 g/mol. The average molecular weight is 244 g/mol. The van der Waals surface area contributed by atoms with Crippen LogP contribution in [0.4, 0.5) is 0 Å². The van der Waals surface area contributed by atoms with Crippen molar-refractivity contribution in [2.45, 2.75) is 40.5 Å². The first-order chi connectivity index (χ1) is 8.41. The first-order valence-corrected chi connectivity index (χ1v) is 6.28. The van der Waals surface area contributed by atoms with Gasteiger partial charge in [-0.25, -0.2) is 4.68 Å². The maximum Gasteiger partial charge on any atom is 0.217 e. The molecule has 0 unspecified atom stereocenters. The Morgan fingerprint density at radius 1 is 1.11 bits per heavy atom. The second kappa shape index (κ2) is 4.48. The van der Waals surface area contributed by atoms with Gasteiger partial charge in [-0.1, -0.05) is 19.9 Å². The lowest BCUT2D eigenvalue weighted by Gasteiger charge is -2.07. The largest absolute Gasteiger partial charge is 0.493 e. The zero-order valence-corrected chi connectivity index (χ0v) is 11.7. The van der Waals surface area contributed by atoms with Gasteiger partial charge in [0.05, 0.1) is 11.4 Å². The number of aryl methyl sites for hydroxylation is 3. The van der Waals surface area contributed by atoms with Crippen LogP contribution in [0, 0.1) is 20.8 Å². The zero-order chi connectivity index (χ0) is 13.4. The van der Waals surface area contributed by atoms with E-state index in [1.807, 2.05) is 19.1 Å². The number of nitrogens with zero attached hydrogens (tertiary/aromatic N) is 2. The summed E-state index contributed by atoms with van der Waals surface area (Å²) in [5, 5.41) is 14.7. The molecule has 0 bridgehead atoms. The van der Waals surface area contributed by atoms with Crippen molar-refractivity contribution in [1.29, 1.82) is 0 Å². The smallest absolute Gasteiger partial charge is 0.217 e. The minimum atomic E-state index is 0.255. The third kappa shape index (κ3) is 2.01. The Hall–Kier alpha value is -1.77. The third-order valence-corrected chi connectivity index (χ3v) is 3.39. The molecule has 0 aliphatic heterocycles. The molecule has 0 saturated heterocycles. The molecule has 3 heteroatoms. The summed E-state index contributed by atoms with van der Waals surface area (Å²) in [6, 6.07) is 6.08. The number of rotatable bonds is 2. The fourth-order valence-electron chi connectivity index (χ4n) is 2.24. The van der Waals surface area contributed by atoms with Crippen molar-refractivity contribution in [3.63, 3.8) is 0 Å². The summed E-state index contributed by atoms with van der Waals surface area (Å²) in [4.78, 5) is 0. The second-order valence-corrected chi connectivity index (χ2v) is 5.16. The molecule has 0 aliphatic carbocycles. The highest BCUT2D eigenvalue weighted by Gasteiger charge is 2.18. The van der Waals surface area contributed by atoms with Gasteiger partial charge in [-0.3, -0.25) is 0 Å². The Kier molecular flexibility index (Phi) is 3.16. The molecule has 0 fully saturated rings. The maximum absolute atomic E-state index is 10.3. The van der Waals surface area contributed by atoms with E-state index < -0.39 is 0 Å². The average Bonchev–Trinajstić information content (AvgIpc) is 2.58. The Labute approximate surface area is 108 Å².